The summed E-state index contributed by atoms with van der Waals surface area (Å²) in [6.45, 7) is 2.70. The van der Waals surface area contributed by atoms with Gasteiger partial charge in [0.1, 0.15) is 6.04 Å². The van der Waals surface area contributed by atoms with Gasteiger partial charge in [0.15, 0.2) is 0 Å². The van der Waals surface area contributed by atoms with Gasteiger partial charge < -0.3 is 16.2 Å². The Morgan fingerprint density at radius 2 is 1.27 bits per heavy atom. The molecule has 0 radical (unpaired) electrons. The summed E-state index contributed by atoms with van der Waals surface area (Å²) in [6, 6.07) is -0.798. The fourth-order valence-electron chi connectivity index (χ4n) is 3.15. The molecule has 0 aliphatic heterocycles. The summed E-state index contributed by atoms with van der Waals surface area (Å²) in [5.41, 5.74) is 5.39. The molecule has 154 valence electrons. The van der Waals surface area contributed by atoms with Crippen LogP contribution in [0.1, 0.15) is 110 Å². The van der Waals surface area contributed by atoms with Gasteiger partial charge in [-0.05, 0) is 25.8 Å². The third kappa shape index (κ3) is 16.4. The molecule has 0 aromatic rings. The fourth-order valence-corrected chi connectivity index (χ4v) is 3.15. The van der Waals surface area contributed by atoms with Gasteiger partial charge in [-0.1, -0.05) is 84.0 Å². The zero-order valence-corrected chi connectivity index (χ0v) is 16.9. The monoisotopic (exact) mass is 370 g/mol. The quantitative estimate of drug-likeness (QED) is 0.285. The van der Waals surface area contributed by atoms with Crippen molar-refractivity contribution < 1.29 is 14.7 Å². The Balaban J connectivity index is 3.43. The van der Waals surface area contributed by atoms with Crippen molar-refractivity contribution in [3.63, 3.8) is 0 Å². The minimum Gasteiger partial charge on any atom is -0.480 e. The van der Waals surface area contributed by atoms with Crippen molar-refractivity contribution in [3.8, 4) is 0 Å². The Bertz CT molecular complexity index is 348. The number of nitrogens with one attached hydrogen (secondary N) is 1. The highest BCUT2D eigenvalue weighted by molar-refractivity contribution is 5.83. The summed E-state index contributed by atoms with van der Waals surface area (Å²) in [4.78, 5) is 22.9. The third-order valence-corrected chi connectivity index (χ3v) is 4.84. The first kappa shape index (κ1) is 24.9. The number of hydrogen-bond donors (Lipinski definition) is 3. The Morgan fingerprint density at radius 3 is 1.69 bits per heavy atom. The molecule has 0 heterocycles. The van der Waals surface area contributed by atoms with Crippen LogP contribution in [-0.4, -0.2) is 29.6 Å². The van der Waals surface area contributed by atoms with Crippen LogP contribution in [0.25, 0.3) is 0 Å². The Hall–Kier alpha value is -1.10. The summed E-state index contributed by atoms with van der Waals surface area (Å²) in [6.07, 6.45) is 17.9. The van der Waals surface area contributed by atoms with Crippen molar-refractivity contribution in [2.24, 2.45) is 5.73 Å². The lowest BCUT2D eigenvalue weighted by Crippen LogP contribution is -2.40. The van der Waals surface area contributed by atoms with Crippen LogP contribution in [0.3, 0.4) is 0 Å². The van der Waals surface area contributed by atoms with Gasteiger partial charge in [-0.25, -0.2) is 4.79 Å². The molecule has 0 aromatic carbocycles. The van der Waals surface area contributed by atoms with E-state index in [4.69, 9.17) is 10.8 Å². The molecule has 0 saturated heterocycles. The van der Waals surface area contributed by atoms with Gasteiger partial charge in [-0.3, -0.25) is 4.79 Å². The molecule has 0 aliphatic rings. The SMILES string of the molecule is CCCCCCCCCCCCCCCC(=O)NC(CCCN)C(=O)O. The zero-order chi connectivity index (χ0) is 19.5. The van der Waals surface area contributed by atoms with E-state index in [1.54, 1.807) is 0 Å². The smallest absolute Gasteiger partial charge is 0.326 e. The van der Waals surface area contributed by atoms with E-state index in [1.807, 2.05) is 0 Å². The molecule has 0 fully saturated rings. The van der Waals surface area contributed by atoms with E-state index < -0.39 is 12.0 Å². The third-order valence-electron chi connectivity index (χ3n) is 4.84. The van der Waals surface area contributed by atoms with Gasteiger partial charge in [0, 0.05) is 6.42 Å². The van der Waals surface area contributed by atoms with Crippen LogP contribution in [0, 0.1) is 0 Å². The summed E-state index contributed by atoms with van der Waals surface area (Å²) in [7, 11) is 0. The van der Waals surface area contributed by atoms with Gasteiger partial charge in [-0.2, -0.15) is 0 Å². The molecular formula is C21H42N2O3. The number of aliphatic carboxylic acids is 1. The van der Waals surface area contributed by atoms with Gasteiger partial charge >= 0.3 is 5.97 Å². The number of amides is 1. The van der Waals surface area contributed by atoms with Gasteiger partial charge in [0.25, 0.3) is 0 Å². The maximum absolute atomic E-state index is 11.8. The highest BCUT2D eigenvalue weighted by atomic mass is 16.4. The van der Waals surface area contributed by atoms with Crippen molar-refractivity contribution in [1.29, 1.82) is 0 Å². The molecule has 0 spiro atoms. The van der Waals surface area contributed by atoms with E-state index >= 15 is 0 Å². The van der Waals surface area contributed by atoms with Crippen molar-refractivity contribution in [3.05, 3.63) is 0 Å². The molecule has 0 aliphatic carbocycles. The van der Waals surface area contributed by atoms with E-state index in [-0.39, 0.29) is 5.91 Å². The van der Waals surface area contributed by atoms with Crippen molar-refractivity contribution in [2.75, 3.05) is 6.54 Å². The summed E-state index contributed by atoms with van der Waals surface area (Å²) < 4.78 is 0. The number of carboxylic acid groups (broad SMARTS) is 1. The maximum Gasteiger partial charge on any atom is 0.326 e. The van der Waals surface area contributed by atoms with Crippen LogP contribution in [-0.2, 0) is 9.59 Å². The number of unbranched alkanes of at least 4 members (excludes halogenated alkanes) is 12. The molecule has 0 aromatic heterocycles. The fraction of sp³-hybridized carbons (Fsp3) is 0.905. The second-order valence-corrected chi connectivity index (χ2v) is 7.38. The van der Waals surface area contributed by atoms with E-state index in [1.165, 1.54) is 70.6 Å². The average molecular weight is 371 g/mol. The number of carboxylic acids is 1. The van der Waals surface area contributed by atoms with Crippen LogP contribution in [0.4, 0.5) is 0 Å². The number of carbonyl (C=O) groups is 2. The maximum atomic E-state index is 11.8. The first-order valence-corrected chi connectivity index (χ1v) is 10.8. The van der Waals surface area contributed by atoms with Crippen LogP contribution in [0.2, 0.25) is 0 Å². The minimum atomic E-state index is -0.975. The number of carbonyl (C=O) groups excluding carboxylic acids is 1. The summed E-state index contributed by atoms with van der Waals surface area (Å²) >= 11 is 0. The normalized spacial score (nSPS) is 12.1. The zero-order valence-electron chi connectivity index (χ0n) is 16.9. The molecule has 0 saturated carbocycles. The molecule has 1 unspecified atom stereocenters. The molecule has 1 amide bonds. The number of hydrogen-bond acceptors (Lipinski definition) is 3. The van der Waals surface area contributed by atoms with Gasteiger partial charge in [0.05, 0.1) is 0 Å². The molecule has 4 N–H and O–H groups in total. The van der Waals surface area contributed by atoms with E-state index in [9.17, 15) is 9.59 Å². The molecule has 0 bridgehead atoms. The highest BCUT2D eigenvalue weighted by Gasteiger charge is 2.18. The lowest BCUT2D eigenvalue weighted by atomic mass is 10.0. The van der Waals surface area contributed by atoms with E-state index in [2.05, 4.69) is 12.2 Å². The highest BCUT2D eigenvalue weighted by Crippen LogP contribution is 2.13. The molecule has 26 heavy (non-hydrogen) atoms. The van der Waals surface area contributed by atoms with E-state index in [0.717, 1.165) is 12.8 Å². The minimum absolute atomic E-state index is 0.155. The van der Waals surface area contributed by atoms with E-state index in [0.29, 0.717) is 25.8 Å². The summed E-state index contributed by atoms with van der Waals surface area (Å²) in [5.74, 6) is -1.13. The average Bonchev–Trinajstić information content (AvgIpc) is 2.62. The number of rotatable bonds is 19. The first-order chi connectivity index (χ1) is 12.6. The van der Waals surface area contributed by atoms with Crippen LogP contribution >= 0.6 is 0 Å². The lowest BCUT2D eigenvalue weighted by molar-refractivity contribution is -0.142. The van der Waals surface area contributed by atoms with Crippen molar-refractivity contribution in [1.82, 2.24) is 5.32 Å². The Morgan fingerprint density at radius 1 is 0.808 bits per heavy atom. The summed E-state index contributed by atoms with van der Waals surface area (Å²) in [5, 5.41) is 11.7. The molecular weight excluding hydrogens is 328 g/mol. The van der Waals surface area contributed by atoms with Crippen molar-refractivity contribution >= 4 is 11.9 Å². The Labute approximate surface area is 160 Å². The second-order valence-electron chi connectivity index (χ2n) is 7.38. The lowest BCUT2D eigenvalue weighted by Gasteiger charge is -2.13. The predicted molar refractivity (Wildman–Crippen MR) is 108 cm³/mol. The molecule has 0 rings (SSSR count). The molecule has 1 atom stereocenters. The van der Waals surface area contributed by atoms with Crippen LogP contribution in [0.5, 0.6) is 0 Å². The van der Waals surface area contributed by atoms with Crippen LogP contribution in [0.15, 0.2) is 0 Å². The predicted octanol–water partition coefficient (Wildman–Crippen LogP) is 4.78. The van der Waals surface area contributed by atoms with Gasteiger partial charge in [-0.15, -0.1) is 0 Å². The second kappa shape index (κ2) is 18.7. The molecule has 5 nitrogen and oxygen atoms in total. The first-order valence-electron chi connectivity index (χ1n) is 10.8. The van der Waals surface area contributed by atoms with Crippen molar-refractivity contribution in [2.45, 2.75) is 116 Å². The van der Waals surface area contributed by atoms with Gasteiger partial charge in [0.2, 0.25) is 5.91 Å². The topological polar surface area (TPSA) is 92.4 Å². The standard InChI is InChI=1S/C21H42N2O3/c1-2-3-4-5-6-7-8-9-10-11-12-13-14-17-20(24)23-19(21(25)26)16-15-18-22/h19H,2-18,22H2,1H3,(H,23,24)(H,25,26). The largest absolute Gasteiger partial charge is 0.480 e. The molecule has 5 heteroatoms. The Kier molecular flexibility index (Phi) is 17.9. The number of nitrogens with two attached hydrogens (primary N) is 1. The van der Waals surface area contributed by atoms with Crippen LogP contribution < -0.4 is 11.1 Å².